The van der Waals surface area contributed by atoms with Gasteiger partial charge in [-0.25, -0.2) is 15.8 Å². The van der Waals surface area contributed by atoms with E-state index in [0.29, 0.717) is 11.7 Å². The van der Waals surface area contributed by atoms with Crippen LogP contribution in [0.2, 0.25) is 0 Å². The summed E-state index contributed by atoms with van der Waals surface area (Å²) in [5.74, 6) is 7.48. The molecule has 1 atom stereocenters. The Morgan fingerprint density at radius 3 is 2.80 bits per heavy atom. The number of benzene rings is 1. The van der Waals surface area contributed by atoms with Crippen molar-refractivity contribution in [3.63, 3.8) is 0 Å². The van der Waals surface area contributed by atoms with Gasteiger partial charge in [0, 0.05) is 31.3 Å². The normalized spacial score (nSPS) is 18.1. The van der Waals surface area contributed by atoms with Crippen molar-refractivity contribution >= 4 is 5.82 Å². The van der Waals surface area contributed by atoms with E-state index < -0.39 is 0 Å². The molecule has 2 aromatic rings. The van der Waals surface area contributed by atoms with E-state index in [4.69, 9.17) is 10.6 Å². The first-order valence-electron chi connectivity index (χ1n) is 6.83. The number of hydrogen-bond acceptors (Lipinski definition) is 5. The highest BCUT2D eigenvalue weighted by Gasteiger charge is 2.18. The van der Waals surface area contributed by atoms with Gasteiger partial charge in [-0.15, -0.1) is 0 Å². The van der Waals surface area contributed by atoms with Crippen LogP contribution in [0.3, 0.4) is 0 Å². The third-order valence-corrected chi connectivity index (χ3v) is 3.49. The van der Waals surface area contributed by atoms with Crippen LogP contribution in [0.1, 0.15) is 12.2 Å². The van der Waals surface area contributed by atoms with Crippen LogP contribution in [0.15, 0.2) is 36.4 Å². The molecule has 1 aliphatic rings. The van der Waals surface area contributed by atoms with Gasteiger partial charge in [0.05, 0.1) is 5.69 Å². The summed E-state index contributed by atoms with van der Waals surface area (Å²) in [6.07, 6.45) is 1.90. The quantitative estimate of drug-likeness (QED) is 0.656. The Morgan fingerprint density at radius 2 is 2.10 bits per heavy atom. The minimum absolute atomic E-state index is 0.506. The van der Waals surface area contributed by atoms with Crippen LogP contribution in [-0.2, 0) is 11.2 Å². The SMILES string of the molecule is NNc1cc(-c2ccccc2)nc(CC2CCOC2)n1. The van der Waals surface area contributed by atoms with Gasteiger partial charge in [0.15, 0.2) is 0 Å². The average Bonchev–Trinajstić information content (AvgIpc) is 3.00. The topological polar surface area (TPSA) is 73.1 Å². The Labute approximate surface area is 118 Å². The Balaban J connectivity index is 1.90. The summed E-state index contributed by atoms with van der Waals surface area (Å²) in [5.41, 5.74) is 4.58. The smallest absolute Gasteiger partial charge is 0.144 e. The summed E-state index contributed by atoms with van der Waals surface area (Å²) in [4.78, 5) is 9.09. The highest BCUT2D eigenvalue weighted by molar-refractivity contribution is 5.62. The molecule has 1 unspecified atom stereocenters. The molecule has 1 fully saturated rings. The molecule has 0 amide bonds. The summed E-state index contributed by atoms with van der Waals surface area (Å²) in [7, 11) is 0. The van der Waals surface area contributed by atoms with Crippen molar-refractivity contribution in [3.05, 3.63) is 42.2 Å². The number of hydrazine groups is 1. The van der Waals surface area contributed by atoms with Gasteiger partial charge in [-0.2, -0.15) is 0 Å². The van der Waals surface area contributed by atoms with Gasteiger partial charge in [-0.05, 0) is 12.3 Å². The number of hydrogen-bond donors (Lipinski definition) is 2. The van der Waals surface area contributed by atoms with E-state index in [9.17, 15) is 0 Å². The van der Waals surface area contributed by atoms with Crippen LogP contribution in [-0.4, -0.2) is 23.2 Å². The number of aromatic nitrogens is 2. The van der Waals surface area contributed by atoms with E-state index in [2.05, 4.69) is 15.4 Å². The minimum atomic E-state index is 0.506. The maximum absolute atomic E-state index is 5.51. The summed E-state index contributed by atoms with van der Waals surface area (Å²) >= 11 is 0. The molecule has 1 aromatic heterocycles. The van der Waals surface area contributed by atoms with Crippen LogP contribution in [0, 0.1) is 5.92 Å². The zero-order valence-electron chi connectivity index (χ0n) is 11.2. The van der Waals surface area contributed by atoms with E-state index in [-0.39, 0.29) is 0 Å². The lowest BCUT2D eigenvalue weighted by Crippen LogP contribution is -2.13. The van der Waals surface area contributed by atoms with Crippen molar-refractivity contribution in [1.29, 1.82) is 0 Å². The molecule has 3 N–H and O–H groups in total. The van der Waals surface area contributed by atoms with E-state index in [0.717, 1.165) is 43.1 Å². The van der Waals surface area contributed by atoms with Gasteiger partial charge in [0.1, 0.15) is 11.6 Å². The Bertz CT molecular complexity index is 567. The van der Waals surface area contributed by atoms with Crippen molar-refractivity contribution in [2.24, 2.45) is 11.8 Å². The van der Waals surface area contributed by atoms with Gasteiger partial charge in [0.25, 0.3) is 0 Å². The molecule has 0 saturated carbocycles. The molecule has 20 heavy (non-hydrogen) atoms. The first kappa shape index (κ1) is 13.0. The summed E-state index contributed by atoms with van der Waals surface area (Å²) in [6, 6.07) is 11.9. The molecule has 0 aliphatic carbocycles. The summed E-state index contributed by atoms with van der Waals surface area (Å²) in [5, 5.41) is 0. The Hall–Kier alpha value is -1.98. The molecule has 3 rings (SSSR count). The highest BCUT2D eigenvalue weighted by Crippen LogP contribution is 2.22. The van der Waals surface area contributed by atoms with Crippen LogP contribution < -0.4 is 11.3 Å². The second kappa shape index (κ2) is 5.98. The van der Waals surface area contributed by atoms with Crippen molar-refractivity contribution in [2.45, 2.75) is 12.8 Å². The van der Waals surface area contributed by atoms with Crippen molar-refractivity contribution in [1.82, 2.24) is 9.97 Å². The second-order valence-electron chi connectivity index (χ2n) is 5.00. The molecular formula is C15H18N4O. The van der Waals surface area contributed by atoms with E-state index in [1.807, 2.05) is 36.4 Å². The molecule has 0 bridgehead atoms. The van der Waals surface area contributed by atoms with Gasteiger partial charge in [0.2, 0.25) is 0 Å². The van der Waals surface area contributed by atoms with E-state index >= 15 is 0 Å². The lowest BCUT2D eigenvalue weighted by atomic mass is 10.0. The van der Waals surface area contributed by atoms with Gasteiger partial charge < -0.3 is 10.2 Å². The molecular weight excluding hydrogens is 252 g/mol. The predicted octanol–water partition coefficient (Wildman–Crippen LogP) is 2.01. The van der Waals surface area contributed by atoms with Gasteiger partial charge in [-0.1, -0.05) is 30.3 Å². The number of anilines is 1. The highest BCUT2D eigenvalue weighted by atomic mass is 16.5. The fourth-order valence-corrected chi connectivity index (χ4v) is 2.42. The van der Waals surface area contributed by atoms with Crippen LogP contribution >= 0.6 is 0 Å². The third-order valence-electron chi connectivity index (χ3n) is 3.49. The minimum Gasteiger partial charge on any atom is -0.381 e. The number of nitrogens with zero attached hydrogens (tertiary/aromatic N) is 2. The number of rotatable bonds is 4. The first-order valence-corrected chi connectivity index (χ1v) is 6.83. The number of nitrogen functional groups attached to an aromatic ring is 1. The Morgan fingerprint density at radius 1 is 1.25 bits per heavy atom. The number of ether oxygens (including phenoxy) is 1. The third kappa shape index (κ3) is 2.95. The largest absolute Gasteiger partial charge is 0.381 e. The number of nitrogens with two attached hydrogens (primary N) is 1. The molecule has 1 saturated heterocycles. The molecule has 0 radical (unpaired) electrons. The van der Waals surface area contributed by atoms with Crippen LogP contribution in [0.25, 0.3) is 11.3 Å². The lowest BCUT2D eigenvalue weighted by Gasteiger charge is -2.10. The van der Waals surface area contributed by atoms with E-state index in [1.165, 1.54) is 0 Å². The zero-order chi connectivity index (χ0) is 13.8. The first-order chi connectivity index (χ1) is 9.85. The maximum Gasteiger partial charge on any atom is 0.144 e. The van der Waals surface area contributed by atoms with Crippen molar-refractivity contribution in [2.75, 3.05) is 18.6 Å². The second-order valence-corrected chi connectivity index (χ2v) is 5.00. The standard InChI is InChI=1S/C15H18N4O/c16-19-15-9-13(12-4-2-1-3-5-12)17-14(18-15)8-11-6-7-20-10-11/h1-5,9,11H,6-8,10,16H2,(H,17,18,19). The van der Waals surface area contributed by atoms with Crippen molar-refractivity contribution in [3.8, 4) is 11.3 Å². The monoisotopic (exact) mass is 270 g/mol. The summed E-state index contributed by atoms with van der Waals surface area (Å²) in [6.45, 7) is 1.63. The maximum atomic E-state index is 5.51. The zero-order valence-corrected chi connectivity index (χ0v) is 11.2. The van der Waals surface area contributed by atoms with Crippen LogP contribution in [0.5, 0.6) is 0 Å². The Kier molecular flexibility index (Phi) is 3.90. The van der Waals surface area contributed by atoms with Crippen molar-refractivity contribution < 1.29 is 4.74 Å². The molecule has 2 heterocycles. The summed E-state index contributed by atoms with van der Waals surface area (Å²) < 4.78 is 5.40. The van der Waals surface area contributed by atoms with E-state index in [1.54, 1.807) is 0 Å². The van der Waals surface area contributed by atoms with Crippen LogP contribution in [0.4, 0.5) is 5.82 Å². The molecule has 1 aliphatic heterocycles. The van der Waals surface area contributed by atoms with Gasteiger partial charge >= 0.3 is 0 Å². The van der Waals surface area contributed by atoms with Gasteiger partial charge in [-0.3, -0.25) is 0 Å². The average molecular weight is 270 g/mol. The fraction of sp³-hybridized carbons (Fsp3) is 0.333. The lowest BCUT2D eigenvalue weighted by molar-refractivity contribution is 0.185. The molecule has 104 valence electrons. The molecule has 1 aromatic carbocycles. The molecule has 5 heteroatoms. The predicted molar refractivity (Wildman–Crippen MR) is 77.9 cm³/mol. The number of nitrogens with one attached hydrogen (secondary N) is 1. The molecule has 0 spiro atoms. The molecule has 5 nitrogen and oxygen atoms in total. The fourth-order valence-electron chi connectivity index (χ4n) is 2.42.